The van der Waals surface area contributed by atoms with E-state index in [4.69, 9.17) is 0 Å². The van der Waals surface area contributed by atoms with Gasteiger partial charge in [-0.1, -0.05) is 148 Å². The van der Waals surface area contributed by atoms with Gasteiger partial charge in [0.05, 0.1) is 18.7 Å². The van der Waals surface area contributed by atoms with Crippen LogP contribution in [0.4, 0.5) is 0 Å². The summed E-state index contributed by atoms with van der Waals surface area (Å²) in [5.74, 6) is 1.40. The highest BCUT2D eigenvalue weighted by Gasteiger charge is 2.18. The summed E-state index contributed by atoms with van der Waals surface area (Å²) in [6, 6.07) is 11.0. The van der Waals surface area contributed by atoms with Gasteiger partial charge in [-0.3, -0.25) is 0 Å². The van der Waals surface area contributed by atoms with Crippen molar-refractivity contribution >= 4 is 0 Å². The van der Waals surface area contributed by atoms with E-state index in [0.29, 0.717) is 0 Å². The Hall–Kier alpha value is -1.57. The highest BCUT2D eigenvalue weighted by atomic mass is 15.1. The molecule has 2 rings (SSSR count). The average Bonchev–Trinajstić information content (AvgIpc) is 3.33. The third-order valence-corrected chi connectivity index (χ3v) is 8.01. The molecule has 0 aliphatic rings. The number of aryl methyl sites for hydroxylation is 2. The minimum atomic E-state index is 1.14. The molecular formula is C35H61N2+. The van der Waals surface area contributed by atoms with Crippen LogP contribution >= 0.6 is 0 Å². The molecule has 0 saturated heterocycles. The Morgan fingerprint density at radius 2 is 0.946 bits per heavy atom. The molecule has 0 radical (unpaired) electrons. The molecule has 0 amide bonds. The molecule has 2 aromatic rings. The molecule has 1 heterocycles. The molecule has 210 valence electrons. The molecule has 0 saturated carbocycles. The summed E-state index contributed by atoms with van der Waals surface area (Å²) >= 11 is 0. The molecule has 0 spiro atoms. The van der Waals surface area contributed by atoms with E-state index in [-0.39, 0.29) is 0 Å². The van der Waals surface area contributed by atoms with Crippen LogP contribution in [0.5, 0.6) is 0 Å². The Bertz CT molecular complexity index is 748. The molecule has 0 bridgehead atoms. The first kappa shape index (κ1) is 31.6. The van der Waals surface area contributed by atoms with Gasteiger partial charge < -0.3 is 0 Å². The van der Waals surface area contributed by atoms with Crippen molar-refractivity contribution in [2.24, 2.45) is 0 Å². The Morgan fingerprint density at radius 1 is 0.514 bits per heavy atom. The standard InChI is InChI=1S/C35H61N2/c1-3-5-7-9-11-12-13-14-15-16-17-18-19-20-22-27-31-37-33-32-36(30-26-21-10-8-6-4-2)35(37)34-28-24-23-25-29-34/h23-25,28-29,32-33H,3-22,26-27,30-31H2,1-2H3/q+1. The number of nitrogens with zero attached hydrogens (tertiary/aromatic N) is 2. The second-order valence-corrected chi connectivity index (χ2v) is 11.4. The SMILES string of the molecule is CCCCCCCCCCCCCCCCCC[n+]1ccn(CCCCCCCC)c1-c1ccccc1. The lowest BCUT2D eigenvalue weighted by Crippen LogP contribution is -2.34. The molecule has 0 N–H and O–H groups in total. The predicted molar refractivity (Wildman–Crippen MR) is 163 cm³/mol. The Kier molecular flexibility index (Phi) is 19.2. The van der Waals surface area contributed by atoms with E-state index in [0.717, 1.165) is 13.1 Å². The summed E-state index contributed by atoms with van der Waals surface area (Å²) < 4.78 is 5.01. The fourth-order valence-electron chi connectivity index (χ4n) is 5.64. The first-order chi connectivity index (χ1) is 18.4. The van der Waals surface area contributed by atoms with Crippen LogP contribution in [0, 0.1) is 0 Å². The van der Waals surface area contributed by atoms with Crippen LogP contribution in [-0.2, 0) is 13.1 Å². The van der Waals surface area contributed by atoms with E-state index in [1.807, 2.05) is 0 Å². The maximum atomic E-state index is 2.51. The molecular weight excluding hydrogens is 448 g/mol. The predicted octanol–water partition coefficient (Wildman–Crippen LogP) is 11.1. The van der Waals surface area contributed by atoms with Gasteiger partial charge in [-0.25, -0.2) is 9.13 Å². The maximum absolute atomic E-state index is 2.51. The van der Waals surface area contributed by atoms with E-state index < -0.39 is 0 Å². The van der Waals surface area contributed by atoms with Crippen LogP contribution < -0.4 is 4.57 Å². The van der Waals surface area contributed by atoms with Crippen molar-refractivity contribution in [3.8, 4) is 11.4 Å². The highest BCUT2D eigenvalue weighted by Crippen LogP contribution is 2.18. The van der Waals surface area contributed by atoms with Crippen molar-refractivity contribution in [2.45, 2.75) is 168 Å². The summed E-state index contributed by atoms with van der Waals surface area (Å²) in [5, 5.41) is 0. The first-order valence-corrected chi connectivity index (χ1v) is 16.5. The van der Waals surface area contributed by atoms with Gasteiger partial charge in [-0.15, -0.1) is 0 Å². The van der Waals surface area contributed by atoms with Gasteiger partial charge in [-0.2, -0.15) is 0 Å². The zero-order chi connectivity index (χ0) is 26.2. The minimum Gasteiger partial charge on any atom is -0.230 e. The smallest absolute Gasteiger partial charge is 0.230 e. The van der Waals surface area contributed by atoms with E-state index in [1.165, 1.54) is 153 Å². The van der Waals surface area contributed by atoms with Gasteiger partial charge in [0.15, 0.2) is 0 Å². The quantitative estimate of drug-likeness (QED) is 0.0929. The number of hydrogen-bond acceptors (Lipinski definition) is 0. The molecule has 1 aromatic heterocycles. The number of benzene rings is 1. The highest BCUT2D eigenvalue weighted by molar-refractivity contribution is 5.52. The zero-order valence-electron chi connectivity index (χ0n) is 24.9. The van der Waals surface area contributed by atoms with Gasteiger partial charge in [0.2, 0.25) is 0 Å². The molecule has 2 nitrogen and oxygen atoms in total. The van der Waals surface area contributed by atoms with Gasteiger partial charge >= 0.3 is 0 Å². The zero-order valence-corrected chi connectivity index (χ0v) is 24.9. The second-order valence-electron chi connectivity index (χ2n) is 11.4. The monoisotopic (exact) mass is 509 g/mol. The van der Waals surface area contributed by atoms with E-state index in [1.54, 1.807) is 0 Å². The average molecular weight is 510 g/mol. The lowest BCUT2D eigenvalue weighted by atomic mass is 10.0. The molecule has 0 atom stereocenters. The summed E-state index contributed by atoms with van der Waals surface area (Å²) in [6.45, 7) is 6.88. The van der Waals surface area contributed by atoms with Gasteiger partial charge in [0, 0.05) is 0 Å². The second kappa shape index (κ2) is 22.4. The summed E-state index contributed by atoms with van der Waals surface area (Å²) in [6.07, 6.45) is 35.6. The molecule has 0 aliphatic heterocycles. The Labute approximate surface area is 231 Å². The number of hydrogen-bond donors (Lipinski definition) is 0. The van der Waals surface area contributed by atoms with Crippen LogP contribution in [0.15, 0.2) is 42.7 Å². The molecule has 0 fully saturated rings. The molecule has 2 heteroatoms. The maximum Gasteiger partial charge on any atom is 0.288 e. The van der Waals surface area contributed by atoms with E-state index in [9.17, 15) is 0 Å². The lowest BCUT2D eigenvalue weighted by Gasteiger charge is -2.07. The Morgan fingerprint density at radius 3 is 1.43 bits per heavy atom. The van der Waals surface area contributed by atoms with Crippen molar-refractivity contribution in [2.75, 3.05) is 0 Å². The van der Waals surface area contributed by atoms with Gasteiger partial charge in [-0.05, 0) is 37.8 Å². The summed E-state index contributed by atoms with van der Waals surface area (Å²) in [7, 11) is 0. The van der Waals surface area contributed by atoms with Crippen molar-refractivity contribution in [1.29, 1.82) is 0 Å². The van der Waals surface area contributed by atoms with Gasteiger partial charge in [0.1, 0.15) is 12.4 Å². The van der Waals surface area contributed by atoms with Crippen LogP contribution in [0.25, 0.3) is 11.4 Å². The van der Waals surface area contributed by atoms with Crippen molar-refractivity contribution in [3.05, 3.63) is 42.7 Å². The third-order valence-electron chi connectivity index (χ3n) is 8.01. The van der Waals surface area contributed by atoms with Crippen molar-refractivity contribution < 1.29 is 4.57 Å². The van der Waals surface area contributed by atoms with E-state index in [2.05, 4.69) is 65.7 Å². The number of unbranched alkanes of at least 4 members (excludes halogenated alkanes) is 20. The number of aromatic nitrogens is 2. The minimum absolute atomic E-state index is 1.14. The third kappa shape index (κ3) is 14.8. The normalized spacial score (nSPS) is 11.4. The molecule has 0 aliphatic carbocycles. The van der Waals surface area contributed by atoms with Crippen LogP contribution in [0.1, 0.15) is 155 Å². The largest absolute Gasteiger partial charge is 0.288 e. The number of imidazole rings is 1. The van der Waals surface area contributed by atoms with Crippen LogP contribution in [0.3, 0.4) is 0 Å². The lowest BCUT2D eigenvalue weighted by molar-refractivity contribution is -0.686. The molecule has 0 unspecified atom stereocenters. The van der Waals surface area contributed by atoms with E-state index >= 15 is 0 Å². The Balaban J connectivity index is 1.57. The molecule has 37 heavy (non-hydrogen) atoms. The first-order valence-electron chi connectivity index (χ1n) is 16.5. The van der Waals surface area contributed by atoms with Gasteiger partial charge in [0.25, 0.3) is 5.82 Å². The molecule has 1 aromatic carbocycles. The topological polar surface area (TPSA) is 8.81 Å². The van der Waals surface area contributed by atoms with Crippen LogP contribution in [-0.4, -0.2) is 4.57 Å². The summed E-state index contributed by atoms with van der Waals surface area (Å²) in [5.41, 5.74) is 1.36. The summed E-state index contributed by atoms with van der Waals surface area (Å²) in [4.78, 5) is 0. The fourth-order valence-corrected chi connectivity index (χ4v) is 5.64. The van der Waals surface area contributed by atoms with Crippen LogP contribution in [0.2, 0.25) is 0 Å². The fraction of sp³-hybridized carbons (Fsp3) is 0.743. The number of rotatable bonds is 25. The van der Waals surface area contributed by atoms with Crippen molar-refractivity contribution in [3.63, 3.8) is 0 Å². The van der Waals surface area contributed by atoms with Crippen molar-refractivity contribution in [1.82, 2.24) is 4.57 Å².